The highest BCUT2D eigenvalue weighted by Crippen LogP contribution is 2.20. The SMILES string of the molecule is C/C=C(/CCO)c1ccc([N+](=O)[O-])cc1. The second kappa shape index (κ2) is 5.26. The lowest BCUT2D eigenvalue weighted by molar-refractivity contribution is -0.384. The third kappa shape index (κ3) is 2.89. The second-order valence-electron chi connectivity index (χ2n) is 3.09. The maximum atomic E-state index is 10.4. The van der Waals surface area contributed by atoms with Gasteiger partial charge in [-0.3, -0.25) is 10.1 Å². The van der Waals surface area contributed by atoms with E-state index in [0.717, 1.165) is 11.1 Å². The quantitative estimate of drug-likeness (QED) is 0.609. The van der Waals surface area contributed by atoms with Crippen LogP contribution in [-0.2, 0) is 0 Å². The molecular formula is C11H13NO3. The van der Waals surface area contributed by atoms with Crippen molar-refractivity contribution < 1.29 is 10.0 Å². The van der Waals surface area contributed by atoms with Crippen molar-refractivity contribution in [2.75, 3.05) is 6.61 Å². The Labute approximate surface area is 88.0 Å². The largest absolute Gasteiger partial charge is 0.396 e. The Morgan fingerprint density at radius 3 is 2.47 bits per heavy atom. The third-order valence-electron chi connectivity index (χ3n) is 2.18. The van der Waals surface area contributed by atoms with Crippen LogP contribution in [0.1, 0.15) is 18.9 Å². The highest BCUT2D eigenvalue weighted by Gasteiger charge is 2.05. The van der Waals surface area contributed by atoms with E-state index in [1.807, 2.05) is 13.0 Å². The number of nitro groups is 1. The molecule has 15 heavy (non-hydrogen) atoms. The maximum absolute atomic E-state index is 10.4. The smallest absolute Gasteiger partial charge is 0.269 e. The Hall–Kier alpha value is -1.68. The lowest BCUT2D eigenvalue weighted by Gasteiger charge is -2.04. The Bertz CT molecular complexity index is 368. The molecule has 1 N–H and O–H groups in total. The number of nitro benzene ring substituents is 1. The number of benzene rings is 1. The first-order valence-corrected chi connectivity index (χ1v) is 4.70. The summed E-state index contributed by atoms with van der Waals surface area (Å²) in [5.74, 6) is 0. The molecule has 0 unspecified atom stereocenters. The van der Waals surface area contributed by atoms with Crippen molar-refractivity contribution in [1.82, 2.24) is 0 Å². The van der Waals surface area contributed by atoms with Gasteiger partial charge in [0.1, 0.15) is 0 Å². The van der Waals surface area contributed by atoms with Crippen LogP contribution in [0.15, 0.2) is 30.3 Å². The predicted octanol–water partition coefficient (Wildman–Crippen LogP) is 2.38. The average Bonchev–Trinajstić information content (AvgIpc) is 2.26. The number of aliphatic hydroxyl groups is 1. The van der Waals surface area contributed by atoms with Crippen molar-refractivity contribution in [3.8, 4) is 0 Å². The monoisotopic (exact) mass is 207 g/mol. The van der Waals surface area contributed by atoms with Crippen LogP contribution in [0.2, 0.25) is 0 Å². The van der Waals surface area contributed by atoms with Crippen LogP contribution in [0.4, 0.5) is 5.69 Å². The zero-order valence-electron chi connectivity index (χ0n) is 8.51. The fraction of sp³-hybridized carbons (Fsp3) is 0.273. The Kier molecular flexibility index (Phi) is 4.00. The number of allylic oxidation sites excluding steroid dienone is 1. The fourth-order valence-electron chi connectivity index (χ4n) is 1.37. The number of aliphatic hydroxyl groups excluding tert-OH is 1. The van der Waals surface area contributed by atoms with Gasteiger partial charge >= 0.3 is 0 Å². The predicted molar refractivity (Wildman–Crippen MR) is 58.5 cm³/mol. The summed E-state index contributed by atoms with van der Waals surface area (Å²) >= 11 is 0. The van der Waals surface area contributed by atoms with E-state index in [-0.39, 0.29) is 12.3 Å². The van der Waals surface area contributed by atoms with Crippen LogP contribution < -0.4 is 0 Å². The third-order valence-corrected chi connectivity index (χ3v) is 2.18. The van der Waals surface area contributed by atoms with Gasteiger partial charge in [0.2, 0.25) is 0 Å². The van der Waals surface area contributed by atoms with E-state index in [9.17, 15) is 10.1 Å². The summed E-state index contributed by atoms with van der Waals surface area (Å²) in [4.78, 5) is 10.0. The van der Waals surface area contributed by atoms with Gasteiger partial charge in [0.25, 0.3) is 5.69 Å². The summed E-state index contributed by atoms with van der Waals surface area (Å²) in [5.41, 5.74) is 1.99. The Balaban J connectivity index is 2.92. The van der Waals surface area contributed by atoms with Crippen molar-refractivity contribution in [2.45, 2.75) is 13.3 Å². The molecule has 0 spiro atoms. The van der Waals surface area contributed by atoms with Crippen LogP contribution in [0.25, 0.3) is 5.57 Å². The maximum Gasteiger partial charge on any atom is 0.269 e. The number of hydrogen-bond donors (Lipinski definition) is 1. The molecule has 4 heteroatoms. The highest BCUT2D eigenvalue weighted by molar-refractivity contribution is 5.66. The van der Waals surface area contributed by atoms with Gasteiger partial charge in [0.05, 0.1) is 4.92 Å². The van der Waals surface area contributed by atoms with Gasteiger partial charge in [0, 0.05) is 18.7 Å². The van der Waals surface area contributed by atoms with Crippen molar-refractivity contribution in [2.24, 2.45) is 0 Å². The minimum atomic E-state index is -0.425. The molecule has 0 aliphatic rings. The van der Waals surface area contributed by atoms with Crippen molar-refractivity contribution >= 4 is 11.3 Å². The molecule has 1 aromatic carbocycles. The van der Waals surface area contributed by atoms with Gasteiger partial charge in [0.15, 0.2) is 0 Å². The first-order valence-electron chi connectivity index (χ1n) is 4.70. The normalized spacial score (nSPS) is 11.5. The fourth-order valence-corrected chi connectivity index (χ4v) is 1.37. The van der Waals surface area contributed by atoms with Crippen LogP contribution in [-0.4, -0.2) is 16.6 Å². The molecule has 1 aromatic rings. The molecule has 0 heterocycles. The van der Waals surface area contributed by atoms with Crippen molar-refractivity contribution in [3.05, 3.63) is 46.0 Å². The van der Waals surface area contributed by atoms with Gasteiger partial charge in [-0.15, -0.1) is 0 Å². The highest BCUT2D eigenvalue weighted by atomic mass is 16.6. The average molecular weight is 207 g/mol. The zero-order valence-corrected chi connectivity index (χ0v) is 8.51. The molecule has 0 fully saturated rings. The van der Waals surface area contributed by atoms with Gasteiger partial charge in [-0.25, -0.2) is 0 Å². The summed E-state index contributed by atoms with van der Waals surface area (Å²) in [6, 6.07) is 6.33. The minimum Gasteiger partial charge on any atom is -0.396 e. The standard InChI is InChI=1S/C11H13NO3/c1-2-9(7-8-13)10-3-5-11(6-4-10)12(14)15/h2-6,13H,7-8H2,1H3/b9-2-. The molecule has 0 radical (unpaired) electrons. The summed E-state index contributed by atoms with van der Waals surface area (Å²) in [6.45, 7) is 1.96. The second-order valence-corrected chi connectivity index (χ2v) is 3.09. The van der Waals surface area contributed by atoms with Gasteiger partial charge in [-0.1, -0.05) is 6.08 Å². The first kappa shape index (κ1) is 11.4. The molecule has 80 valence electrons. The number of rotatable bonds is 4. The number of nitrogens with zero attached hydrogens (tertiary/aromatic N) is 1. The van der Waals surface area contributed by atoms with E-state index in [1.54, 1.807) is 12.1 Å². The molecule has 0 atom stereocenters. The Morgan fingerprint density at radius 1 is 1.47 bits per heavy atom. The summed E-state index contributed by atoms with van der Waals surface area (Å²) in [7, 11) is 0. The van der Waals surface area contributed by atoms with E-state index in [2.05, 4.69) is 0 Å². The summed E-state index contributed by atoms with van der Waals surface area (Å²) in [6.07, 6.45) is 2.46. The van der Waals surface area contributed by atoms with Crippen molar-refractivity contribution in [3.63, 3.8) is 0 Å². The molecule has 0 saturated carbocycles. The molecular weight excluding hydrogens is 194 g/mol. The van der Waals surface area contributed by atoms with E-state index in [4.69, 9.17) is 5.11 Å². The van der Waals surface area contributed by atoms with Crippen LogP contribution in [0.3, 0.4) is 0 Å². The zero-order chi connectivity index (χ0) is 11.3. The Morgan fingerprint density at radius 2 is 2.07 bits per heavy atom. The molecule has 4 nitrogen and oxygen atoms in total. The lowest BCUT2D eigenvalue weighted by Crippen LogP contribution is -1.91. The van der Waals surface area contributed by atoms with Crippen LogP contribution in [0.5, 0.6) is 0 Å². The molecule has 0 amide bonds. The van der Waals surface area contributed by atoms with Gasteiger partial charge < -0.3 is 5.11 Å². The van der Waals surface area contributed by atoms with E-state index < -0.39 is 4.92 Å². The van der Waals surface area contributed by atoms with Crippen molar-refractivity contribution in [1.29, 1.82) is 0 Å². The van der Waals surface area contributed by atoms with Gasteiger partial charge in [-0.05, 0) is 36.6 Å². The molecule has 0 bridgehead atoms. The van der Waals surface area contributed by atoms with E-state index in [0.29, 0.717) is 6.42 Å². The van der Waals surface area contributed by atoms with Crippen LogP contribution >= 0.6 is 0 Å². The molecule has 1 rings (SSSR count). The summed E-state index contributed by atoms with van der Waals surface area (Å²) < 4.78 is 0. The van der Waals surface area contributed by atoms with E-state index >= 15 is 0 Å². The molecule has 0 aromatic heterocycles. The topological polar surface area (TPSA) is 63.4 Å². The number of non-ortho nitro benzene ring substituents is 1. The number of hydrogen-bond acceptors (Lipinski definition) is 3. The molecule has 0 aliphatic carbocycles. The van der Waals surface area contributed by atoms with Crippen LogP contribution in [0, 0.1) is 10.1 Å². The molecule has 0 aliphatic heterocycles. The first-order chi connectivity index (χ1) is 7.19. The summed E-state index contributed by atoms with van der Waals surface area (Å²) in [5, 5.41) is 19.3. The van der Waals surface area contributed by atoms with Gasteiger partial charge in [-0.2, -0.15) is 0 Å². The minimum absolute atomic E-state index is 0.0800. The van der Waals surface area contributed by atoms with E-state index in [1.165, 1.54) is 12.1 Å². The molecule has 0 saturated heterocycles. The lowest BCUT2D eigenvalue weighted by atomic mass is 10.0.